The average Bonchev–Trinajstić information content (AvgIpc) is 2.69. The van der Waals surface area contributed by atoms with Crippen molar-refractivity contribution in [3.05, 3.63) is 17.0 Å². The first kappa shape index (κ1) is 11.6. The Kier molecular flexibility index (Phi) is 3.06. The molecule has 0 bridgehead atoms. The van der Waals surface area contributed by atoms with Crippen LogP contribution in [0.25, 0.3) is 0 Å². The second-order valence-corrected chi connectivity index (χ2v) is 5.62. The van der Waals surface area contributed by atoms with E-state index < -0.39 is 0 Å². The van der Waals surface area contributed by atoms with Gasteiger partial charge in [-0.25, -0.2) is 0 Å². The van der Waals surface area contributed by atoms with Crippen LogP contribution in [-0.4, -0.2) is 11.2 Å². The van der Waals surface area contributed by atoms with Crippen LogP contribution in [0.15, 0.2) is 4.52 Å². The van der Waals surface area contributed by atoms with E-state index in [1.165, 1.54) is 24.8 Å². The van der Waals surface area contributed by atoms with E-state index in [1.54, 1.807) is 0 Å². The van der Waals surface area contributed by atoms with Crippen LogP contribution < -0.4 is 5.32 Å². The van der Waals surface area contributed by atoms with E-state index in [-0.39, 0.29) is 0 Å². The Morgan fingerprint density at radius 3 is 2.69 bits per heavy atom. The Hall–Kier alpha value is -0.830. The molecule has 1 unspecified atom stereocenters. The highest BCUT2D eigenvalue weighted by atomic mass is 16.5. The van der Waals surface area contributed by atoms with Gasteiger partial charge in [-0.2, -0.15) is 0 Å². The van der Waals surface area contributed by atoms with Crippen molar-refractivity contribution in [3.8, 4) is 0 Å². The highest BCUT2D eigenvalue weighted by Crippen LogP contribution is 2.37. The van der Waals surface area contributed by atoms with Gasteiger partial charge in [-0.15, -0.1) is 0 Å². The molecule has 1 saturated carbocycles. The lowest BCUT2D eigenvalue weighted by Crippen LogP contribution is -2.37. The molecule has 1 aromatic rings. The van der Waals surface area contributed by atoms with Crippen molar-refractivity contribution in [1.29, 1.82) is 0 Å². The Bertz CT molecular complexity index is 349. The smallest absolute Gasteiger partial charge is 0.138 e. The summed E-state index contributed by atoms with van der Waals surface area (Å²) in [6.45, 7) is 9.58. The molecule has 1 aliphatic carbocycles. The van der Waals surface area contributed by atoms with Gasteiger partial charge in [0.1, 0.15) is 5.76 Å². The molecule has 1 aliphatic rings. The standard InChI is InChI=1S/C13H22N2O/c1-9-11(10(2)16-15-9)8-14-12-6-5-7-13(12,3)4/h12,14H,5-8H2,1-4H3. The molecule has 1 fully saturated rings. The molecule has 2 rings (SSSR count). The van der Waals surface area contributed by atoms with Gasteiger partial charge < -0.3 is 9.84 Å². The number of aromatic nitrogens is 1. The van der Waals surface area contributed by atoms with Crippen molar-refractivity contribution in [2.45, 2.75) is 59.5 Å². The molecule has 1 atom stereocenters. The third kappa shape index (κ3) is 2.14. The van der Waals surface area contributed by atoms with E-state index in [2.05, 4.69) is 24.3 Å². The molecule has 0 spiro atoms. The van der Waals surface area contributed by atoms with Crippen LogP contribution in [0.5, 0.6) is 0 Å². The van der Waals surface area contributed by atoms with Crippen molar-refractivity contribution in [1.82, 2.24) is 10.5 Å². The summed E-state index contributed by atoms with van der Waals surface area (Å²) in [5, 5.41) is 7.64. The summed E-state index contributed by atoms with van der Waals surface area (Å²) < 4.78 is 5.17. The van der Waals surface area contributed by atoms with E-state index in [4.69, 9.17) is 4.52 Å². The van der Waals surface area contributed by atoms with Crippen molar-refractivity contribution in [2.75, 3.05) is 0 Å². The second kappa shape index (κ2) is 4.21. The number of rotatable bonds is 3. The fourth-order valence-corrected chi connectivity index (χ4v) is 2.68. The molecular formula is C13H22N2O. The third-order valence-corrected chi connectivity index (χ3v) is 3.96. The molecule has 1 aromatic heterocycles. The number of nitrogens with zero attached hydrogens (tertiary/aromatic N) is 1. The van der Waals surface area contributed by atoms with Crippen molar-refractivity contribution >= 4 is 0 Å². The van der Waals surface area contributed by atoms with Crippen LogP contribution in [0.2, 0.25) is 0 Å². The fraction of sp³-hybridized carbons (Fsp3) is 0.769. The Morgan fingerprint density at radius 1 is 1.44 bits per heavy atom. The molecule has 0 saturated heterocycles. The average molecular weight is 222 g/mol. The van der Waals surface area contributed by atoms with Crippen molar-refractivity contribution < 1.29 is 4.52 Å². The largest absolute Gasteiger partial charge is 0.361 e. The number of hydrogen-bond donors (Lipinski definition) is 1. The van der Waals surface area contributed by atoms with E-state index in [1.807, 2.05) is 13.8 Å². The summed E-state index contributed by atoms with van der Waals surface area (Å²) >= 11 is 0. The zero-order chi connectivity index (χ0) is 11.8. The van der Waals surface area contributed by atoms with E-state index in [0.29, 0.717) is 11.5 Å². The van der Waals surface area contributed by atoms with Gasteiger partial charge in [0.2, 0.25) is 0 Å². The quantitative estimate of drug-likeness (QED) is 0.854. The van der Waals surface area contributed by atoms with Gasteiger partial charge >= 0.3 is 0 Å². The SMILES string of the molecule is Cc1noc(C)c1CNC1CCCC1(C)C. The van der Waals surface area contributed by atoms with Gasteiger partial charge in [0.15, 0.2) is 0 Å². The topological polar surface area (TPSA) is 38.1 Å². The Labute approximate surface area is 97.6 Å². The summed E-state index contributed by atoms with van der Waals surface area (Å²) in [4.78, 5) is 0. The molecule has 0 aromatic carbocycles. The van der Waals surface area contributed by atoms with Gasteiger partial charge in [0.25, 0.3) is 0 Å². The molecule has 3 nitrogen and oxygen atoms in total. The van der Waals surface area contributed by atoms with Gasteiger partial charge in [-0.05, 0) is 32.1 Å². The van der Waals surface area contributed by atoms with Gasteiger partial charge in [0, 0.05) is 18.2 Å². The normalized spacial score (nSPS) is 23.9. The van der Waals surface area contributed by atoms with Gasteiger partial charge in [0.05, 0.1) is 5.69 Å². The maximum Gasteiger partial charge on any atom is 0.138 e. The summed E-state index contributed by atoms with van der Waals surface area (Å²) in [7, 11) is 0. The molecule has 1 N–H and O–H groups in total. The lowest BCUT2D eigenvalue weighted by Gasteiger charge is -2.27. The van der Waals surface area contributed by atoms with Crippen LogP contribution in [0, 0.1) is 19.3 Å². The summed E-state index contributed by atoms with van der Waals surface area (Å²) in [5.41, 5.74) is 2.67. The fourth-order valence-electron chi connectivity index (χ4n) is 2.68. The summed E-state index contributed by atoms with van der Waals surface area (Å²) in [6.07, 6.45) is 3.95. The maximum absolute atomic E-state index is 5.17. The predicted octanol–water partition coefficient (Wildman–Crippen LogP) is 2.96. The highest BCUT2D eigenvalue weighted by molar-refractivity contribution is 5.20. The van der Waals surface area contributed by atoms with E-state index >= 15 is 0 Å². The molecular weight excluding hydrogens is 200 g/mol. The molecule has 90 valence electrons. The molecule has 3 heteroatoms. The zero-order valence-corrected chi connectivity index (χ0v) is 10.8. The summed E-state index contributed by atoms with van der Waals surface area (Å²) in [6, 6.07) is 0.626. The first-order valence-electron chi connectivity index (χ1n) is 6.16. The van der Waals surface area contributed by atoms with Crippen LogP contribution >= 0.6 is 0 Å². The molecule has 0 radical (unpaired) electrons. The Morgan fingerprint density at radius 2 is 2.19 bits per heavy atom. The lowest BCUT2D eigenvalue weighted by molar-refractivity contribution is 0.282. The molecule has 16 heavy (non-hydrogen) atoms. The monoisotopic (exact) mass is 222 g/mol. The second-order valence-electron chi connectivity index (χ2n) is 5.62. The molecule has 0 amide bonds. The van der Waals surface area contributed by atoms with E-state index in [0.717, 1.165) is 18.0 Å². The maximum atomic E-state index is 5.17. The van der Waals surface area contributed by atoms with E-state index in [9.17, 15) is 0 Å². The lowest BCUT2D eigenvalue weighted by atomic mass is 9.87. The number of nitrogens with one attached hydrogen (secondary N) is 1. The summed E-state index contributed by atoms with van der Waals surface area (Å²) in [5.74, 6) is 0.945. The number of aryl methyl sites for hydroxylation is 2. The van der Waals surface area contributed by atoms with Crippen molar-refractivity contribution in [3.63, 3.8) is 0 Å². The van der Waals surface area contributed by atoms with Crippen LogP contribution in [0.3, 0.4) is 0 Å². The predicted molar refractivity (Wildman–Crippen MR) is 64.2 cm³/mol. The first-order valence-corrected chi connectivity index (χ1v) is 6.16. The van der Waals surface area contributed by atoms with Crippen LogP contribution in [-0.2, 0) is 6.54 Å². The molecule has 0 aliphatic heterocycles. The minimum absolute atomic E-state index is 0.430. The van der Waals surface area contributed by atoms with Crippen LogP contribution in [0.1, 0.15) is 50.1 Å². The Balaban J connectivity index is 1.98. The number of hydrogen-bond acceptors (Lipinski definition) is 3. The van der Waals surface area contributed by atoms with Gasteiger partial charge in [-0.1, -0.05) is 25.4 Å². The first-order chi connectivity index (χ1) is 7.50. The third-order valence-electron chi connectivity index (χ3n) is 3.96. The minimum Gasteiger partial charge on any atom is -0.361 e. The van der Waals surface area contributed by atoms with Crippen molar-refractivity contribution in [2.24, 2.45) is 5.41 Å². The van der Waals surface area contributed by atoms with Crippen LogP contribution in [0.4, 0.5) is 0 Å². The minimum atomic E-state index is 0.430. The molecule has 1 heterocycles. The zero-order valence-electron chi connectivity index (χ0n) is 10.8. The highest BCUT2D eigenvalue weighted by Gasteiger charge is 2.34. The van der Waals surface area contributed by atoms with Gasteiger partial charge in [-0.3, -0.25) is 0 Å².